The molecule has 0 unspecified atom stereocenters. The van der Waals surface area contributed by atoms with Gasteiger partial charge >= 0.3 is 5.97 Å². The van der Waals surface area contributed by atoms with Gasteiger partial charge in [-0.1, -0.05) is 36.9 Å². The van der Waals surface area contributed by atoms with Crippen LogP contribution in [0.25, 0.3) is 6.08 Å². The minimum atomic E-state index is -0.978. The van der Waals surface area contributed by atoms with Gasteiger partial charge in [-0.05, 0) is 17.5 Å². The van der Waals surface area contributed by atoms with Crippen molar-refractivity contribution in [3.05, 3.63) is 42.0 Å². The highest BCUT2D eigenvalue weighted by Crippen LogP contribution is 2.08. The molecule has 0 heterocycles. The Hall–Kier alpha value is -1.32. The second-order valence-corrected chi connectivity index (χ2v) is 3.10. The molecule has 0 bridgehead atoms. The second-order valence-electron chi connectivity index (χ2n) is 3.10. The number of hydrogen-bond donors (Lipinski definition) is 2. The van der Waals surface area contributed by atoms with Crippen LogP contribution in [0.2, 0.25) is 0 Å². The zero-order valence-corrected chi connectivity index (χ0v) is 9.04. The summed E-state index contributed by atoms with van der Waals surface area (Å²) in [7, 11) is 0. The van der Waals surface area contributed by atoms with Crippen molar-refractivity contribution in [2.45, 2.75) is 12.5 Å². The average molecular weight is 228 g/mol. The lowest BCUT2D eigenvalue weighted by Gasteiger charge is -2.06. The van der Waals surface area contributed by atoms with Gasteiger partial charge < -0.3 is 10.8 Å². The van der Waals surface area contributed by atoms with E-state index < -0.39 is 12.0 Å². The predicted octanol–water partition coefficient (Wildman–Crippen LogP) is 1.71. The van der Waals surface area contributed by atoms with E-state index in [1.807, 2.05) is 24.3 Å². The molecule has 0 saturated carbocycles. The van der Waals surface area contributed by atoms with Gasteiger partial charge in [-0.15, -0.1) is 12.4 Å². The summed E-state index contributed by atoms with van der Waals surface area (Å²) in [5.41, 5.74) is 7.30. The Morgan fingerprint density at radius 2 is 2.27 bits per heavy atom. The lowest BCUT2D eigenvalue weighted by molar-refractivity contribution is -0.138. The molecular formula is C11H14ClNO2. The lowest BCUT2D eigenvalue weighted by Crippen LogP contribution is -2.32. The van der Waals surface area contributed by atoms with Gasteiger partial charge in [0.25, 0.3) is 0 Å². The van der Waals surface area contributed by atoms with Crippen LogP contribution in [0, 0.1) is 0 Å². The Balaban J connectivity index is 0.00000196. The first kappa shape index (κ1) is 13.7. The van der Waals surface area contributed by atoms with Crippen molar-refractivity contribution in [3.63, 3.8) is 0 Å². The molecule has 0 aliphatic carbocycles. The van der Waals surface area contributed by atoms with Crippen molar-refractivity contribution in [3.8, 4) is 0 Å². The topological polar surface area (TPSA) is 63.3 Å². The highest BCUT2D eigenvalue weighted by atomic mass is 35.5. The van der Waals surface area contributed by atoms with Gasteiger partial charge in [0.2, 0.25) is 0 Å². The number of rotatable bonds is 4. The maximum atomic E-state index is 10.5. The maximum Gasteiger partial charge on any atom is 0.320 e. The molecule has 1 aromatic carbocycles. The Morgan fingerprint density at radius 3 is 2.80 bits per heavy atom. The Bertz CT molecular complexity index is 352. The molecule has 3 N–H and O–H groups in total. The molecule has 0 fully saturated rings. The van der Waals surface area contributed by atoms with Crippen LogP contribution in [-0.2, 0) is 11.2 Å². The highest BCUT2D eigenvalue weighted by Gasteiger charge is 2.11. The van der Waals surface area contributed by atoms with Gasteiger partial charge in [0.1, 0.15) is 6.04 Å². The SMILES string of the molecule is C=Cc1cccc(C[C@@H](N)C(=O)O)c1.Cl. The summed E-state index contributed by atoms with van der Waals surface area (Å²) in [5, 5.41) is 8.62. The minimum Gasteiger partial charge on any atom is -0.480 e. The number of carboxylic acids is 1. The first-order chi connectivity index (χ1) is 6.63. The molecule has 0 aliphatic rings. The molecule has 0 saturated heterocycles. The number of benzene rings is 1. The Labute approximate surface area is 95.0 Å². The molecule has 3 nitrogen and oxygen atoms in total. The number of halogens is 1. The normalized spacial score (nSPS) is 11.3. The monoisotopic (exact) mass is 227 g/mol. The molecule has 0 aromatic heterocycles. The van der Waals surface area contributed by atoms with Crippen LogP contribution in [0.1, 0.15) is 11.1 Å². The number of aliphatic carboxylic acids is 1. The van der Waals surface area contributed by atoms with E-state index in [9.17, 15) is 4.79 Å². The molecule has 0 spiro atoms. The second kappa shape index (κ2) is 6.22. The smallest absolute Gasteiger partial charge is 0.320 e. The summed E-state index contributed by atoms with van der Waals surface area (Å²) in [6.07, 6.45) is 2.06. The summed E-state index contributed by atoms with van der Waals surface area (Å²) in [6, 6.07) is 6.67. The zero-order chi connectivity index (χ0) is 10.6. The Kier molecular flexibility index (Phi) is 5.67. The van der Waals surface area contributed by atoms with Crippen LogP contribution in [0.4, 0.5) is 0 Å². The van der Waals surface area contributed by atoms with E-state index in [4.69, 9.17) is 10.8 Å². The van der Waals surface area contributed by atoms with Crippen molar-refractivity contribution in [2.75, 3.05) is 0 Å². The summed E-state index contributed by atoms with van der Waals surface area (Å²) in [4.78, 5) is 10.5. The maximum absolute atomic E-state index is 10.5. The van der Waals surface area contributed by atoms with Gasteiger partial charge in [-0.25, -0.2) is 0 Å². The number of carboxylic acid groups (broad SMARTS) is 1. The van der Waals surface area contributed by atoms with Crippen molar-refractivity contribution in [1.29, 1.82) is 0 Å². The highest BCUT2D eigenvalue weighted by molar-refractivity contribution is 5.85. The third kappa shape index (κ3) is 4.14. The molecule has 0 radical (unpaired) electrons. The van der Waals surface area contributed by atoms with E-state index in [1.165, 1.54) is 0 Å². The van der Waals surface area contributed by atoms with Gasteiger partial charge in [-0.2, -0.15) is 0 Å². The van der Waals surface area contributed by atoms with Crippen LogP contribution >= 0.6 is 12.4 Å². The van der Waals surface area contributed by atoms with Crippen LogP contribution in [0.5, 0.6) is 0 Å². The standard InChI is InChI=1S/C11H13NO2.ClH/c1-2-8-4-3-5-9(6-8)7-10(12)11(13)14;/h2-6,10H,1,7,12H2,(H,13,14);1H/t10-;/m1./s1. The van der Waals surface area contributed by atoms with Crippen LogP contribution < -0.4 is 5.73 Å². The molecule has 4 heteroatoms. The summed E-state index contributed by atoms with van der Waals surface area (Å²) in [6.45, 7) is 3.64. The molecule has 1 atom stereocenters. The zero-order valence-electron chi connectivity index (χ0n) is 8.22. The van der Waals surface area contributed by atoms with Gasteiger partial charge in [0, 0.05) is 0 Å². The van der Waals surface area contributed by atoms with Gasteiger partial charge in [-0.3, -0.25) is 4.79 Å². The summed E-state index contributed by atoms with van der Waals surface area (Å²) in [5.74, 6) is -0.978. The lowest BCUT2D eigenvalue weighted by atomic mass is 10.0. The third-order valence-corrected chi connectivity index (χ3v) is 1.96. The van der Waals surface area contributed by atoms with Gasteiger partial charge in [0.15, 0.2) is 0 Å². The summed E-state index contributed by atoms with van der Waals surface area (Å²) < 4.78 is 0. The molecule has 82 valence electrons. The third-order valence-electron chi connectivity index (χ3n) is 1.96. The molecular weight excluding hydrogens is 214 g/mol. The fraction of sp³-hybridized carbons (Fsp3) is 0.182. The molecule has 15 heavy (non-hydrogen) atoms. The summed E-state index contributed by atoms with van der Waals surface area (Å²) >= 11 is 0. The van der Waals surface area contributed by atoms with Crippen molar-refractivity contribution in [1.82, 2.24) is 0 Å². The van der Waals surface area contributed by atoms with Crippen LogP contribution in [-0.4, -0.2) is 17.1 Å². The number of hydrogen-bond acceptors (Lipinski definition) is 2. The van der Waals surface area contributed by atoms with E-state index in [0.717, 1.165) is 11.1 Å². The van der Waals surface area contributed by atoms with Gasteiger partial charge in [0.05, 0.1) is 0 Å². The van der Waals surface area contributed by atoms with E-state index in [1.54, 1.807) is 6.08 Å². The largest absolute Gasteiger partial charge is 0.480 e. The molecule has 1 rings (SSSR count). The molecule has 0 aliphatic heterocycles. The van der Waals surface area contributed by atoms with E-state index in [-0.39, 0.29) is 12.4 Å². The van der Waals surface area contributed by atoms with Crippen molar-refractivity contribution < 1.29 is 9.90 Å². The molecule has 1 aromatic rings. The number of carbonyl (C=O) groups is 1. The number of nitrogens with two attached hydrogens (primary N) is 1. The van der Waals surface area contributed by atoms with E-state index in [0.29, 0.717) is 6.42 Å². The minimum absolute atomic E-state index is 0. The fourth-order valence-electron chi connectivity index (χ4n) is 1.19. The average Bonchev–Trinajstić information content (AvgIpc) is 2.18. The van der Waals surface area contributed by atoms with E-state index in [2.05, 4.69) is 6.58 Å². The van der Waals surface area contributed by atoms with Crippen LogP contribution in [0.3, 0.4) is 0 Å². The quantitative estimate of drug-likeness (QED) is 0.823. The Morgan fingerprint density at radius 1 is 1.60 bits per heavy atom. The molecule has 0 amide bonds. The van der Waals surface area contributed by atoms with Crippen molar-refractivity contribution >= 4 is 24.5 Å². The van der Waals surface area contributed by atoms with Crippen molar-refractivity contribution in [2.24, 2.45) is 5.73 Å². The van der Waals surface area contributed by atoms with E-state index >= 15 is 0 Å². The first-order valence-electron chi connectivity index (χ1n) is 4.33. The first-order valence-corrected chi connectivity index (χ1v) is 4.33. The predicted molar refractivity (Wildman–Crippen MR) is 63.1 cm³/mol. The fourth-order valence-corrected chi connectivity index (χ4v) is 1.19. The van der Waals surface area contributed by atoms with Crippen LogP contribution in [0.15, 0.2) is 30.8 Å².